The Labute approximate surface area is 70.7 Å². The van der Waals surface area contributed by atoms with E-state index in [1.807, 2.05) is 25.1 Å². The van der Waals surface area contributed by atoms with E-state index in [1.165, 1.54) is 0 Å². The average Bonchev–Trinajstić information content (AvgIpc) is 1.95. The Hall–Kier alpha value is -1.02. The van der Waals surface area contributed by atoms with Crippen molar-refractivity contribution < 1.29 is 0 Å². The van der Waals surface area contributed by atoms with E-state index in [0.29, 0.717) is 0 Å². The maximum atomic E-state index is 5.74. The van der Waals surface area contributed by atoms with E-state index < -0.39 is 0 Å². The molecule has 0 spiro atoms. The fourth-order valence-electron chi connectivity index (χ4n) is 0.864. The maximum absolute atomic E-state index is 5.74. The summed E-state index contributed by atoms with van der Waals surface area (Å²) in [7, 11) is 0. The van der Waals surface area contributed by atoms with Crippen molar-refractivity contribution in [2.75, 3.05) is 0 Å². The van der Waals surface area contributed by atoms with Crippen LogP contribution in [0.1, 0.15) is 11.1 Å². The van der Waals surface area contributed by atoms with Gasteiger partial charge in [0.25, 0.3) is 0 Å². The molecule has 0 amide bonds. The van der Waals surface area contributed by atoms with Crippen molar-refractivity contribution in [3.8, 4) is 0 Å². The number of nitrogens with zero attached hydrogens (tertiary/aromatic N) is 1. The Morgan fingerprint density at radius 3 is 2.82 bits per heavy atom. The van der Waals surface area contributed by atoms with Crippen LogP contribution in [0.25, 0.3) is 0 Å². The van der Waals surface area contributed by atoms with Gasteiger partial charge in [0.1, 0.15) is 0 Å². The maximum Gasteiger partial charge on any atom is 0.0540 e. The zero-order chi connectivity index (χ0) is 8.27. The number of rotatable bonds is 1. The number of hydrogen-bond donors (Lipinski definition) is 1. The Bertz CT molecular complexity index is 281. The number of halogens is 1. The molecule has 0 saturated carbocycles. The lowest BCUT2D eigenvalue weighted by molar-refractivity contribution is 1.26. The van der Waals surface area contributed by atoms with Crippen molar-refractivity contribution in [3.05, 3.63) is 34.3 Å². The first kappa shape index (κ1) is 8.08. The summed E-state index contributed by atoms with van der Waals surface area (Å²) in [5.41, 5.74) is 2.07. The zero-order valence-electron chi connectivity index (χ0n) is 6.21. The molecule has 0 heterocycles. The number of aryl methyl sites for hydroxylation is 1. The lowest BCUT2D eigenvalue weighted by Crippen LogP contribution is -1.89. The minimum Gasteiger partial charge on any atom is -0.323 e. The molecule has 0 radical (unpaired) electrons. The van der Waals surface area contributed by atoms with Crippen LogP contribution in [0, 0.1) is 6.92 Å². The second kappa shape index (κ2) is 3.39. The summed E-state index contributed by atoms with van der Waals surface area (Å²) in [4.78, 5) is 0. The molecule has 1 aromatic carbocycles. The fraction of sp³-hybridized carbons (Fsp3) is 0.125. The van der Waals surface area contributed by atoms with E-state index in [0.717, 1.165) is 16.1 Å². The van der Waals surface area contributed by atoms with E-state index in [4.69, 9.17) is 17.4 Å². The molecule has 0 saturated heterocycles. The second-order valence-corrected chi connectivity index (χ2v) is 2.72. The van der Waals surface area contributed by atoms with Crippen LogP contribution in [0.15, 0.2) is 23.3 Å². The van der Waals surface area contributed by atoms with Gasteiger partial charge in [0.05, 0.1) is 6.21 Å². The predicted molar refractivity (Wildman–Crippen MR) is 48.0 cm³/mol. The number of benzene rings is 1. The first-order chi connectivity index (χ1) is 5.24. The molecule has 1 aromatic rings. The molecule has 0 unspecified atom stereocenters. The van der Waals surface area contributed by atoms with Gasteiger partial charge in [-0.15, -0.1) is 0 Å². The van der Waals surface area contributed by atoms with Crippen LogP contribution in [-0.2, 0) is 0 Å². The van der Waals surface area contributed by atoms with Crippen LogP contribution < -0.4 is 5.84 Å². The summed E-state index contributed by atoms with van der Waals surface area (Å²) in [6, 6.07) is 5.57. The highest BCUT2D eigenvalue weighted by Crippen LogP contribution is 2.13. The lowest BCUT2D eigenvalue weighted by Gasteiger charge is -1.98. The Morgan fingerprint density at radius 1 is 1.55 bits per heavy atom. The summed E-state index contributed by atoms with van der Waals surface area (Å²) in [6.45, 7) is 1.96. The number of hydrogen-bond acceptors (Lipinski definition) is 2. The fourth-order valence-corrected chi connectivity index (χ4v) is 1.09. The number of hydrazone groups is 1. The van der Waals surface area contributed by atoms with Gasteiger partial charge in [-0.1, -0.05) is 17.7 Å². The van der Waals surface area contributed by atoms with Crippen molar-refractivity contribution in [2.45, 2.75) is 6.92 Å². The minimum atomic E-state index is 0.733. The van der Waals surface area contributed by atoms with Crippen molar-refractivity contribution in [1.82, 2.24) is 0 Å². The smallest absolute Gasteiger partial charge is 0.0540 e. The van der Waals surface area contributed by atoms with Gasteiger partial charge in [0.2, 0.25) is 0 Å². The average molecular weight is 169 g/mol. The first-order valence-corrected chi connectivity index (χ1v) is 3.61. The van der Waals surface area contributed by atoms with Crippen LogP contribution in [-0.4, -0.2) is 6.21 Å². The van der Waals surface area contributed by atoms with E-state index in [2.05, 4.69) is 5.10 Å². The minimum absolute atomic E-state index is 0.733. The molecule has 0 aliphatic rings. The van der Waals surface area contributed by atoms with Crippen LogP contribution in [0.3, 0.4) is 0 Å². The molecule has 0 bridgehead atoms. The molecule has 3 heteroatoms. The topological polar surface area (TPSA) is 38.4 Å². The standard InChI is InChI=1S/C8H9ClN2/c1-6-4-8(9)3-2-7(6)5-11-10/h2-5H,10H2,1H3. The third-order valence-electron chi connectivity index (χ3n) is 1.45. The highest BCUT2D eigenvalue weighted by molar-refractivity contribution is 6.30. The summed E-state index contributed by atoms with van der Waals surface area (Å²) in [5, 5.41) is 4.16. The Morgan fingerprint density at radius 2 is 2.27 bits per heavy atom. The molecule has 2 nitrogen and oxygen atoms in total. The quantitative estimate of drug-likeness (QED) is 0.389. The zero-order valence-corrected chi connectivity index (χ0v) is 6.97. The van der Waals surface area contributed by atoms with Gasteiger partial charge in [-0.3, -0.25) is 0 Å². The van der Waals surface area contributed by atoms with Gasteiger partial charge in [0, 0.05) is 5.02 Å². The van der Waals surface area contributed by atoms with Gasteiger partial charge in [-0.2, -0.15) is 5.10 Å². The van der Waals surface area contributed by atoms with Gasteiger partial charge in [-0.05, 0) is 30.2 Å². The predicted octanol–water partition coefficient (Wildman–Crippen LogP) is 1.94. The van der Waals surface area contributed by atoms with Crippen LogP contribution in [0.2, 0.25) is 5.02 Å². The molecule has 1 rings (SSSR count). The van der Waals surface area contributed by atoms with Gasteiger partial charge >= 0.3 is 0 Å². The van der Waals surface area contributed by atoms with E-state index in [9.17, 15) is 0 Å². The van der Waals surface area contributed by atoms with Crippen molar-refractivity contribution in [1.29, 1.82) is 0 Å². The molecular formula is C8H9ClN2. The van der Waals surface area contributed by atoms with Crippen LogP contribution in [0.5, 0.6) is 0 Å². The molecule has 11 heavy (non-hydrogen) atoms. The molecule has 0 aliphatic heterocycles. The van der Waals surface area contributed by atoms with Crippen molar-refractivity contribution in [3.63, 3.8) is 0 Å². The molecule has 0 fully saturated rings. The van der Waals surface area contributed by atoms with Crippen LogP contribution in [0.4, 0.5) is 0 Å². The molecule has 58 valence electrons. The lowest BCUT2D eigenvalue weighted by atomic mass is 10.1. The van der Waals surface area contributed by atoms with Crippen molar-refractivity contribution >= 4 is 17.8 Å². The normalized spacial score (nSPS) is 10.7. The molecular weight excluding hydrogens is 160 g/mol. The summed E-state index contributed by atoms with van der Waals surface area (Å²) < 4.78 is 0. The highest BCUT2D eigenvalue weighted by atomic mass is 35.5. The van der Waals surface area contributed by atoms with Crippen LogP contribution >= 0.6 is 11.6 Å². The van der Waals surface area contributed by atoms with E-state index in [-0.39, 0.29) is 0 Å². The highest BCUT2D eigenvalue weighted by Gasteiger charge is 1.94. The monoisotopic (exact) mass is 168 g/mol. The summed E-state index contributed by atoms with van der Waals surface area (Å²) in [6.07, 6.45) is 1.60. The molecule has 0 aliphatic carbocycles. The van der Waals surface area contributed by atoms with Gasteiger partial charge in [0.15, 0.2) is 0 Å². The molecule has 0 atom stereocenters. The van der Waals surface area contributed by atoms with Crippen molar-refractivity contribution in [2.24, 2.45) is 10.9 Å². The number of nitrogens with two attached hydrogens (primary N) is 1. The third-order valence-corrected chi connectivity index (χ3v) is 1.68. The summed E-state index contributed by atoms with van der Waals surface area (Å²) >= 11 is 5.74. The summed E-state index contributed by atoms with van der Waals surface area (Å²) in [5.74, 6) is 5.00. The largest absolute Gasteiger partial charge is 0.323 e. The van der Waals surface area contributed by atoms with Gasteiger partial charge < -0.3 is 5.84 Å². The Kier molecular flexibility index (Phi) is 2.49. The van der Waals surface area contributed by atoms with E-state index in [1.54, 1.807) is 6.21 Å². The molecule has 2 N–H and O–H groups in total. The Balaban J connectivity index is 3.09. The third kappa shape index (κ3) is 1.95. The SMILES string of the molecule is Cc1cc(Cl)ccc1C=NN. The second-order valence-electron chi connectivity index (χ2n) is 2.28. The first-order valence-electron chi connectivity index (χ1n) is 3.23. The van der Waals surface area contributed by atoms with E-state index >= 15 is 0 Å². The van der Waals surface area contributed by atoms with Gasteiger partial charge in [-0.25, -0.2) is 0 Å². The molecule has 0 aromatic heterocycles.